The molecule has 0 atom stereocenters. The highest BCUT2D eigenvalue weighted by molar-refractivity contribution is 7.89. The quantitative estimate of drug-likeness (QED) is 0.700. The molecule has 6 nitrogen and oxygen atoms in total. The third-order valence-electron chi connectivity index (χ3n) is 2.79. The van der Waals surface area contributed by atoms with E-state index in [0.717, 1.165) is 12.8 Å². The van der Waals surface area contributed by atoms with Crippen LogP contribution in [-0.4, -0.2) is 34.0 Å². The molecule has 1 saturated carbocycles. The molecule has 1 aliphatic carbocycles. The van der Waals surface area contributed by atoms with Gasteiger partial charge in [-0.25, -0.2) is 13.1 Å². The Morgan fingerprint density at radius 2 is 2.00 bits per heavy atom. The Morgan fingerprint density at radius 3 is 2.63 bits per heavy atom. The highest BCUT2D eigenvalue weighted by Crippen LogP contribution is 2.25. The molecule has 0 heterocycles. The lowest BCUT2D eigenvalue weighted by atomic mass is 10.3. The van der Waals surface area contributed by atoms with Crippen molar-refractivity contribution in [3.05, 3.63) is 24.3 Å². The molecule has 1 aliphatic rings. The maximum absolute atomic E-state index is 12.2. The Hall–Kier alpha value is -1.60. The lowest BCUT2D eigenvalue weighted by Crippen LogP contribution is -2.29. The first-order valence-electron chi connectivity index (χ1n) is 6.09. The minimum absolute atomic E-state index is 0.0342. The molecule has 0 aromatic heterocycles. The first kappa shape index (κ1) is 13.8. The van der Waals surface area contributed by atoms with Crippen molar-refractivity contribution in [1.82, 2.24) is 10.0 Å². The standard InChI is InChI=1S/C12H17N3O3S/c1-13-12(16)8-14-10-4-2-3-5-11(10)19(17,18)15-9-6-7-9/h2-5,9,14-15H,6-8H2,1H3,(H,13,16). The number of carbonyl (C=O) groups is 1. The highest BCUT2D eigenvalue weighted by atomic mass is 32.2. The van der Waals surface area contributed by atoms with Crippen molar-refractivity contribution in [3.8, 4) is 0 Å². The van der Waals surface area contributed by atoms with E-state index >= 15 is 0 Å². The molecule has 0 unspecified atom stereocenters. The van der Waals surface area contributed by atoms with Crippen LogP contribution >= 0.6 is 0 Å². The van der Waals surface area contributed by atoms with Gasteiger partial charge in [-0.1, -0.05) is 12.1 Å². The number of carbonyl (C=O) groups excluding carboxylic acids is 1. The van der Waals surface area contributed by atoms with Gasteiger partial charge in [-0.3, -0.25) is 4.79 Å². The van der Waals surface area contributed by atoms with E-state index in [2.05, 4.69) is 15.4 Å². The van der Waals surface area contributed by atoms with Gasteiger partial charge in [0.1, 0.15) is 4.90 Å². The molecule has 2 rings (SSSR count). The zero-order valence-electron chi connectivity index (χ0n) is 10.6. The molecule has 0 radical (unpaired) electrons. The third kappa shape index (κ3) is 3.68. The fourth-order valence-electron chi connectivity index (χ4n) is 1.59. The maximum atomic E-state index is 12.2. The van der Waals surface area contributed by atoms with Crippen molar-refractivity contribution < 1.29 is 13.2 Å². The molecule has 0 bridgehead atoms. The van der Waals surface area contributed by atoms with Crippen molar-refractivity contribution in [2.75, 3.05) is 18.9 Å². The van der Waals surface area contributed by atoms with Crippen LogP contribution in [0.5, 0.6) is 0 Å². The SMILES string of the molecule is CNC(=O)CNc1ccccc1S(=O)(=O)NC1CC1. The van der Waals surface area contributed by atoms with Crippen LogP contribution in [0.4, 0.5) is 5.69 Å². The average molecular weight is 283 g/mol. The zero-order valence-corrected chi connectivity index (χ0v) is 11.5. The summed E-state index contributed by atoms with van der Waals surface area (Å²) in [5.74, 6) is -0.206. The Balaban J connectivity index is 2.17. The lowest BCUT2D eigenvalue weighted by Gasteiger charge is -2.12. The van der Waals surface area contributed by atoms with Crippen LogP contribution in [0.3, 0.4) is 0 Å². The van der Waals surface area contributed by atoms with E-state index in [1.807, 2.05) is 0 Å². The van der Waals surface area contributed by atoms with E-state index in [0.29, 0.717) is 5.69 Å². The highest BCUT2D eigenvalue weighted by Gasteiger charge is 2.29. The summed E-state index contributed by atoms with van der Waals surface area (Å²) < 4.78 is 27.0. The predicted octanol–water partition coefficient (Wildman–Crippen LogP) is 0.285. The molecule has 3 N–H and O–H groups in total. The Kier molecular flexibility index (Phi) is 4.06. The van der Waals surface area contributed by atoms with Crippen LogP contribution in [0.1, 0.15) is 12.8 Å². The number of rotatable bonds is 6. The van der Waals surface area contributed by atoms with Crippen LogP contribution in [0.2, 0.25) is 0 Å². The minimum atomic E-state index is -3.53. The van der Waals surface area contributed by atoms with E-state index in [9.17, 15) is 13.2 Å². The van der Waals surface area contributed by atoms with Crippen LogP contribution in [0.25, 0.3) is 0 Å². The summed E-state index contributed by atoms with van der Waals surface area (Å²) in [7, 11) is -2.00. The number of sulfonamides is 1. The Bertz CT molecular complexity index is 567. The van der Waals surface area contributed by atoms with Crippen LogP contribution < -0.4 is 15.4 Å². The zero-order chi connectivity index (χ0) is 13.9. The summed E-state index contributed by atoms with van der Waals surface area (Å²) in [6, 6.07) is 6.60. The molecule has 0 saturated heterocycles. The first-order chi connectivity index (χ1) is 9.03. The van der Waals surface area contributed by atoms with Crippen molar-refractivity contribution in [2.45, 2.75) is 23.8 Å². The molecule has 7 heteroatoms. The summed E-state index contributed by atoms with van der Waals surface area (Å²) in [5, 5.41) is 5.30. The molecule has 1 amide bonds. The number of anilines is 1. The van der Waals surface area contributed by atoms with E-state index in [-0.39, 0.29) is 23.4 Å². The molecule has 1 aromatic carbocycles. The predicted molar refractivity (Wildman–Crippen MR) is 72.3 cm³/mol. The van der Waals surface area contributed by atoms with Crippen molar-refractivity contribution in [3.63, 3.8) is 0 Å². The van der Waals surface area contributed by atoms with Gasteiger partial charge in [0.05, 0.1) is 12.2 Å². The van der Waals surface area contributed by atoms with E-state index in [4.69, 9.17) is 0 Å². The number of hydrogen-bond acceptors (Lipinski definition) is 4. The molecule has 0 aliphatic heterocycles. The number of hydrogen-bond donors (Lipinski definition) is 3. The van der Waals surface area contributed by atoms with E-state index < -0.39 is 10.0 Å². The van der Waals surface area contributed by atoms with Gasteiger partial charge in [0.15, 0.2) is 0 Å². The maximum Gasteiger partial charge on any atom is 0.242 e. The fraction of sp³-hybridized carbons (Fsp3) is 0.417. The van der Waals surface area contributed by atoms with Gasteiger partial charge >= 0.3 is 0 Å². The fourth-order valence-corrected chi connectivity index (χ4v) is 3.08. The largest absolute Gasteiger partial charge is 0.375 e. The lowest BCUT2D eigenvalue weighted by molar-refractivity contribution is -0.118. The molecule has 1 aromatic rings. The van der Waals surface area contributed by atoms with Gasteiger partial charge in [-0.2, -0.15) is 0 Å². The first-order valence-corrected chi connectivity index (χ1v) is 7.57. The number of amides is 1. The second-order valence-electron chi connectivity index (χ2n) is 4.42. The van der Waals surface area contributed by atoms with Crippen molar-refractivity contribution in [1.29, 1.82) is 0 Å². The van der Waals surface area contributed by atoms with Gasteiger partial charge in [-0.15, -0.1) is 0 Å². The number of benzene rings is 1. The van der Waals surface area contributed by atoms with Gasteiger partial charge in [-0.05, 0) is 25.0 Å². The molecule has 19 heavy (non-hydrogen) atoms. The summed E-state index contributed by atoms with van der Waals surface area (Å²) in [6.45, 7) is 0.0342. The van der Waals surface area contributed by atoms with Crippen LogP contribution in [-0.2, 0) is 14.8 Å². The normalized spacial score (nSPS) is 15.0. The minimum Gasteiger partial charge on any atom is -0.375 e. The van der Waals surface area contributed by atoms with Gasteiger partial charge in [0, 0.05) is 13.1 Å². The average Bonchev–Trinajstić information content (AvgIpc) is 3.19. The molecular formula is C12H17N3O3S. The van der Waals surface area contributed by atoms with Crippen molar-refractivity contribution >= 4 is 21.6 Å². The number of para-hydroxylation sites is 1. The molecule has 0 spiro atoms. The van der Waals surface area contributed by atoms with Gasteiger partial charge in [0.25, 0.3) is 0 Å². The molecule has 1 fully saturated rings. The summed E-state index contributed by atoms with van der Waals surface area (Å²) in [6.07, 6.45) is 1.76. The monoisotopic (exact) mass is 283 g/mol. The van der Waals surface area contributed by atoms with Crippen molar-refractivity contribution in [2.24, 2.45) is 0 Å². The Morgan fingerprint density at radius 1 is 1.32 bits per heavy atom. The molecule has 104 valence electrons. The van der Waals surface area contributed by atoms with E-state index in [1.54, 1.807) is 18.2 Å². The molecular weight excluding hydrogens is 266 g/mol. The smallest absolute Gasteiger partial charge is 0.242 e. The van der Waals surface area contributed by atoms with Gasteiger partial charge < -0.3 is 10.6 Å². The third-order valence-corrected chi connectivity index (χ3v) is 4.37. The van der Waals surface area contributed by atoms with E-state index in [1.165, 1.54) is 13.1 Å². The van der Waals surface area contributed by atoms with Crippen LogP contribution in [0.15, 0.2) is 29.2 Å². The van der Waals surface area contributed by atoms with Crippen LogP contribution in [0, 0.1) is 0 Å². The summed E-state index contributed by atoms with van der Waals surface area (Å²) in [5.41, 5.74) is 0.430. The summed E-state index contributed by atoms with van der Waals surface area (Å²) in [4.78, 5) is 11.4. The second kappa shape index (κ2) is 5.58. The second-order valence-corrected chi connectivity index (χ2v) is 6.10. The summed E-state index contributed by atoms with van der Waals surface area (Å²) >= 11 is 0. The Labute approximate surface area is 112 Å². The van der Waals surface area contributed by atoms with Gasteiger partial charge in [0.2, 0.25) is 15.9 Å². The topological polar surface area (TPSA) is 87.3 Å². The number of nitrogens with one attached hydrogen (secondary N) is 3. The number of likely N-dealkylation sites (N-methyl/N-ethyl adjacent to an activating group) is 1.